The minimum Gasteiger partial charge on any atom is -0.491 e. The van der Waals surface area contributed by atoms with Gasteiger partial charge in [0.2, 0.25) is 0 Å². The van der Waals surface area contributed by atoms with Gasteiger partial charge in [-0.1, -0.05) is 6.07 Å². The maximum absolute atomic E-state index is 13.5. The molecule has 0 atom stereocenters. The van der Waals surface area contributed by atoms with Gasteiger partial charge in [0.1, 0.15) is 0 Å². The first-order valence-corrected chi connectivity index (χ1v) is 5.76. The molecule has 0 amide bonds. The Hall–Kier alpha value is -1.13. The van der Waals surface area contributed by atoms with E-state index in [1.54, 1.807) is 19.9 Å². The molecule has 0 heterocycles. The van der Waals surface area contributed by atoms with Crippen LogP contribution in [0.2, 0.25) is 0 Å². The Balaban J connectivity index is 2.53. The monoisotopic (exact) mass is 241 g/mol. The van der Waals surface area contributed by atoms with Gasteiger partial charge in [0.05, 0.1) is 12.2 Å². The summed E-state index contributed by atoms with van der Waals surface area (Å²) in [7, 11) is 0. The summed E-state index contributed by atoms with van der Waals surface area (Å²) in [5, 5.41) is 12.6. The first kappa shape index (κ1) is 13.9. The second-order valence-electron chi connectivity index (χ2n) is 4.61. The number of hydrogen-bond acceptors (Lipinski definition) is 3. The van der Waals surface area contributed by atoms with E-state index in [2.05, 4.69) is 5.32 Å². The predicted molar refractivity (Wildman–Crippen MR) is 65.6 cm³/mol. The van der Waals surface area contributed by atoms with Crippen molar-refractivity contribution >= 4 is 0 Å². The molecule has 1 aromatic rings. The minimum absolute atomic E-state index is 0.277. The number of ether oxygens (including phenoxy) is 1. The van der Waals surface area contributed by atoms with Crippen molar-refractivity contribution in [2.45, 2.75) is 32.9 Å². The van der Waals surface area contributed by atoms with Gasteiger partial charge in [0.25, 0.3) is 0 Å². The highest BCUT2D eigenvalue weighted by Gasteiger charge is 2.11. The average Bonchev–Trinajstić information content (AvgIpc) is 2.20. The highest BCUT2D eigenvalue weighted by molar-refractivity contribution is 5.29. The van der Waals surface area contributed by atoms with Crippen molar-refractivity contribution in [3.63, 3.8) is 0 Å². The number of benzene rings is 1. The molecule has 0 saturated heterocycles. The van der Waals surface area contributed by atoms with E-state index in [0.717, 1.165) is 5.56 Å². The molecule has 3 nitrogen and oxygen atoms in total. The van der Waals surface area contributed by atoms with Gasteiger partial charge in [-0.3, -0.25) is 0 Å². The van der Waals surface area contributed by atoms with Crippen molar-refractivity contribution in [2.24, 2.45) is 0 Å². The van der Waals surface area contributed by atoms with Crippen LogP contribution in [-0.4, -0.2) is 23.9 Å². The largest absolute Gasteiger partial charge is 0.491 e. The van der Waals surface area contributed by atoms with Gasteiger partial charge >= 0.3 is 0 Å². The Bertz CT molecular complexity index is 361. The van der Waals surface area contributed by atoms with E-state index in [0.29, 0.717) is 19.7 Å². The van der Waals surface area contributed by atoms with Crippen molar-refractivity contribution in [3.05, 3.63) is 29.6 Å². The van der Waals surface area contributed by atoms with E-state index in [9.17, 15) is 9.50 Å². The Morgan fingerprint density at radius 3 is 2.65 bits per heavy atom. The van der Waals surface area contributed by atoms with Crippen LogP contribution >= 0.6 is 0 Å². The second-order valence-corrected chi connectivity index (χ2v) is 4.61. The fourth-order valence-corrected chi connectivity index (χ4v) is 1.44. The molecule has 4 heteroatoms. The molecule has 0 bridgehead atoms. The molecular weight excluding hydrogens is 221 g/mol. The summed E-state index contributed by atoms with van der Waals surface area (Å²) in [5.74, 6) is -0.0758. The third-order valence-electron chi connectivity index (χ3n) is 2.18. The summed E-state index contributed by atoms with van der Waals surface area (Å²) in [5.41, 5.74) is 0.0688. The molecule has 0 aliphatic heterocycles. The molecule has 0 spiro atoms. The predicted octanol–water partition coefficient (Wildman–Crippen LogP) is 2.08. The molecule has 0 fully saturated rings. The summed E-state index contributed by atoms with van der Waals surface area (Å²) >= 11 is 0. The van der Waals surface area contributed by atoms with E-state index < -0.39 is 5.60 Å². The Kier molecular flexibility index (Phi) is 4.90. The molecule has 0 aliphatic carbocycles. The van der Waals surface area contributed by atoms with Crippen molar-refractivity contribution < 1.29 is 14.2 Å². The van der Waals surface area contributed by atoms with Crippen LogP contribution in [0, 0.1) is 5.82 Å². The highest BCUT2D eigenvalue weighted by atomic mass is 19.1. The van der Waals surface area contributed by atoms with Crippen LogP contribution in [0.5, 0.6) is 5.75 Å². The van der Waals surface area contributed by atoms with Gasteiger partial charge in [0.15, 0.2) is 11.6 Å². The maximum atomic E-state index is 13.5. The molecule has 0 unspecified atom stereocenters. The number of hydrogen-bond donors (Lipinski definition) is 2. The SMILES string of the molecule is CCOc1ccc(CNCC(C)(C)O)cc1F. The maximum Gasteiger partial charge on any atom is 0.165 e. The third kappa shape index (κ3) is 5.15. The van der Waals surface area contributed by atoms with Gasteiger partial charge < -0.3 is 15.2 Å². The zero-order valence-corrected chi connectivity index (χ0v) is 10.6. The van der Waals surface area contributed by atoms with Crippen molar-refractivity contribution in [3.8, 4) is 5.75 Å². The normalized spacial score (nSPS) is 11.6. The fraction of sp³-hybridized carbons (Fsp3) is 0.538. The van der Waals surface area contributed by atoms with Crippen LogP contribution in [0.1, 0.15) is 26.3 Å². The van der Waals surface area contributed by atoms with E-state index >= 15 is 0 Å². The quantitative estimate of drug-likeness (QED) is 0.801. The Morgan fingerprint density at radius 2 is 2.12 bits per heavy atom. The first-order valence-electron chi connectivity index (χ1n) is 5.76. The zero-order valence-electron chi connectivity index (χ0n) is 10.6. The lowest BCUT2D eigenvalue weighted by Crippen LogP contribution is -2.34. The lowest BCUT2D eigenvalue weighted by molar-refractivity contribution is 0.0795. The molecule has 96 valence electrons. The van der Waals surface area contributed by atoms with Gasteiger partial charge in [0, 0.05) is 13.1 Å². The third-order valence-corrected chi connectivity index (χ3v) is 2.18. The molecule has 1 aromatic carbocycles. The summed E-state index contributed by atoms with van der Waals surface area (Å²) in [6.07, 6.45) is 0. The van der Waals surface area contributed by atoms with Crippen LogP contribution in [-0.2, 0) is 6.54 Å². The molecule has 0 radical (unpaired) electrons. The molecule has 0 aliphatic rings. The number of nitrogens with one attached hydrogen (secondary N) is 1. The van der Waals surface area contributed by atoms with E-state index in [1.165, 1.54) is 6.07 Å². The first-order chi connectivity index (χ1) is 7.92. The number of aliphatic hydroxyl groups is 1. The standard InChI is InChI=1S/C13H20FNO2/c1-4-17-12-6-5-10(7-11(12)14)8-15-9-13(2,3)16/h5-7,15-16H,4,8-9H2,1-3H3. The van der Waals surface area contributed by atoms with E-state index in [4.69, 9.17) is 4.74 Å². The summed E-state index contributed by atoms with van der Waals surface area (Å²) in [4.78, 5) is 0. The minimum atomic E-state index is -0.760. The van der Waals surface area contributed by atoms with Crippen molar-refractivity contribution in [2.75, 3.05) is 13.2 Å². The Labute approximate surface area is 102 Å². The molecule has 1 rings (SSSR count). The van der Waals surface area contributed by atoms with Gasteiger partial charge in [-0.05, 0) is 38.5 Å². The fourth-order valence-electron chi connectivity index (χ4n) is 1.44. The number of rotatable bonds is 6. The van der Waals surface area contributed by atoms with Gasteiger partial charge in [-0.25, -0.2) is 4.39 Å². The van der Waals surface area contributed by atoms with Crippen LogP contribution < -0.4 is 10.1 Å². The summed E-state index contributed by atoms with van der Waals surface area (Å²) in [6.45, 7) is 6.69. The smallest absolute Gasteiger partial charge is 0.165 e. The van der Waals surface area contributed by atoms with Crippen molar-refractivity contribution in [1.82, 2.24) is 5.32 Å². The van der Waals surface area contributed by atoms with E-state index in [1.807, 2.05) is 13.0 Å². The van der Waals surface area contributed by atoms with Crippen LogP contribution in [0.15, 0.2) is 18.2 Å². The summed E-state index contributed by atoms with van der Waals surface area (Å²) < 4.78 is 18.6. The molecule has 0 aromatic heterocycles. The zero-order chi connectivity index (χ0) is 12.9. The topological polar surface area (TPSA) is 41.5 Å². The van der Waals surface area contributed by atoms with Crippen LogP contribution in [0.4, 0.5) is 4.39 Å². The molecule has 0 saturated carbocycles. The second kappa shape index (κ2) is 5.98. The highest BCUT2D eigenvalue weighted by Crippen LogP contribution is 2.18. The van der Waals surface area contributed by atoms with Crippen LogP contribution in [0.3, 0.4) is 0 Å². The van der Waals surface area contributed by atoms with Crippen LogP contribution in [0.25, 0.3) is 0 Å². The average molecular weight is 241 g/mol. The lowest BCUT2D eigenvalue weighted by Gasteiger charge is -2.17. The Morgan fingerprint density at radius 1 is 1.41 bits per heavy atom. The van der Waals surface area contributed by atoms with E-state index in [-0.39, 0.29) is 11.6 Å². The molecular formula is C13H20FNO2. The summed E-state index contributed by atoms with van der Waals surface area (Å²) in [6, 6.07) is 4.88. The van der Waals surface area contributed by atoms with Gasteiger partial charge in [-0.2, -0.15) is 0 Å². The number of halogens is 1. The molecule has 17 heavy (non-hydrogen) atoms. The van der Waals surface area contributed by atoms with Gasteiger partial charge in [-0.15, -0.1) is 0 Å². The van der Waals surface area contributed by atoms with Crippen molar-refractivity contribution in [1.29, 1.82) is 0 Å². The lowest BCUT2D eigenvalue weighted by atomic mass is 10.1. The molecule has 2 N–H and O–H groups in total.